The van der Waals surface area contributed by atoms with Gasteiger partial charge in [-0.1, -0.05) is 0 Å². The molecule has 2 rings (SSSR count). The van der Waals surface area contributed by atoms with Gasteiger partial charge in [-0.25, -0.2) is 4.79 Å². The van der Waals surface area contributed by atoms with E-state index in [1.807, 2.05) is 26.8 Å². The minimum Gasteiger partial charge on any atom is -0.484 e. The highest BCUT2D eigenvalue weighted by atomic mass is 16.6. The Morgan fingerprint density at radius 1 is 1.23 bits per heavy atom. The van der Waals surface area contributed by atoms with E-state index in [1.54, 1.807) is 29.2 Å². The average Bonchev–Trinajstić information content (AvgIpc) is 2.59. The van der Waals surface area contributed by atoms with Crippen LogP contribution in [0.5, 0.6) is 5.75 Å². The van der Waals surface area contributed by atoms with Crippen molar-refractivity contribution in [3.05, 3.63) is 29.8 Å². The molecule has 0 bridgehead atoms. The van der Waals surface area contributed by atoms with Gasteiger partial charge < -0.3 is 19.7 Å². The monoisotopic (exact) mass is 359 g/mol. The Hall–Kier alpha value is -2.75. The van der Waals surface area contributed by atoms with E-state index in [0.717, 1.165) is 0 Å². The summed E-state index contributed by atoms with van der Waals surface area (Å²) in [5, 5.41) is 11.6. The van der Waals surface area contributed by atoms with Gasteiger partial charge in [0.05, 0.1) is 11.6 Å². The predicted molar refractivity (Wildman–Crippen MR) is 95.6 cm³/mol. The molecule has 26 heavy (non-hydrogen) atoms. The van der Waals surface area contributed by atoms with Crippen molar-refractivity contribution < 1.29 is 19.1 Å². The molecule has 0 spiro atoms. The Morgan fingerprint density at radius 3 is 2.38 bits per heavy atom. The van der Waals surface area contributed by atoms with E-state index >= 15 is 0 Å². The van der Waals surface area contributed by atoms with Crippen molar-refractivity contribution >= 4 is 12.0 Å². The van der Waals surface area contributed by atoms with E-state index < -0.39 is 11.7 Å². The number of likely N-dealkylation sites (tertiary alicyclic amines) is 1. The maximum Gasteiger partial charge on any atom is 0.407 e. The van der Waals surface area contributed by atoms with Gasteiger partial charge >= 0.3 is 6.09 Å². The second-order valence-electron chi connectivity index (χ2n) is 7.23. The molecule has 0 radical (unpaired) electrons. The van der Waals surface area contributed by atoms with Crippen molar-refractivity contribution in [2.45, 2.75) is 45.3 Å². The molecule has 2 amide bonds. The lowest BCUT2D eigenvalue weighted by atomic mass is 10.1. The molecular weight excluding hydrogens is 334 g/mol. The summed E-state index contributed by atoms with van der Waals surface area (Å²) in [5.74, 6) is 0.462. The summed E-state index contributed by atoms with van der Waals surface area (Å²) < 4.78 is 10.7. The second kappa shape index (κ2) is 8.56. The van der Waals surface area contributed by atoms with Gasteiger partial charge in [0, 0.05) is 19.1 Å². The Bertz CT molecular complexity index is 666. The smallest absolute Gasteiger partial charge is 0.407 e. The number of amides is 2. The summed E-state index contributed by atoms with van der Waals surface area (Å²) in [6.07, 6.45) is 0.940. The molecule has 1 fully saturated rings. The predicted octanol–water partition coefficient (Wildman–Crippen LogP) is 2.45. The number of hydrogen-bond donors (Lipinski definition) is 1. The van der Waals surface area contributed by atoms with Gasteiger partial charge in [0.25, 0.3) is 5.91 Å². The highest BCUT2D eigenvalue weighted by Crippen LogP contribution is 2.14. The number of ether oxygens (including phenoxy) is 2. The van der Waals surface area contributed by atoms with Crippen molar-refractivity contribution in [1.29, 1.82) is 5.26 Å². The first-order valence-corrected chi connectivity index (χ1v) is 8.67. The number of rotatable bonds is 4. The minimum atomic E-state index is -0.524. The zero-order chi connectivity index (χ0) is 19.2. The molecule has 0 saturated carbocycles. The van der Waals surface area contributed by atoms with E-state index in [0.29, 0.717) is 37.2 Å². The molecule has 140 valence electrons. The maximum absolute atomic E-state index is 12.2. The molecule has 0 atom stereocenters. The normalized spacial score (nSPS) is 15.1. The quantitative estimate of drug-likeness (QED) is 0.891. The SMILES string of the molecule is CC(C)(C)OC(=O)NC1CCN(C(=O)COc2ccc(C#N)cc2)CC1. The molecule has 1 heterocycles. The number of nitriles is 1. The van der Waals surface area contributed by atoms with Crippen LogP contribution in [0.25, 0.3) is 0 Å². The Labute approximate surface area is 153 Å². The van der Waals surface area contributed by atoms with Crippen LogP contribution in [-0.4, -0.2) is 48.2 Å². The molecule has 1 aromatic carbocycles. The summed E-state index contributed by atoms with van der Waals surface area (Å²) in [4.78, 5) is 25.8. The molecule has 1 N–H and O–H groups in total. The second-order valence-corrected chi connectivity index (χ2v) is 7.23. The van der Waals surface area contributed by atoms with Crippen molar-refractivity contribution in [1.82, 2.24) is 10.2 Å². The van der Waals surface area contributed by atoms with Gasteiger partial charge in [-0.15, -0.1) is 0 Å². The average molecular weight is 359 g/mol. The molecule has 1 aromatic rings. The van der Waals surface area contributed by atoms with E-state index in [4.69, 9.17) is 14.7 Å². The van der Waals surface area contributed by atoms with Crippen LogP contribution in [0, 0.1) is 11.3 Å². The van der Waals surface area contributed by atoms with Crippen molar-refractivity contribution in [2.75, 3.05) is 19.7 Å². The zero-order valence-corrected chi connectivity index (χ0v) is 15.4. The van der Waals surface area contributed by atoms with Gasteiger partial charge in [-0.05, 0) is 57.9 Å². The third-order valence-electron chi connectivity index (χ3n) is 3.91. The Kier molecular flexibility index (Phi) is 6.45. The third-order valence-corrected chi connectivity index (χ3v) is 3.91. The molecule has 0 aliphatic carbocycles. The fourth-order valence-electron chi connectivity index (χ4n) is 2.61. The van der Waals surface area contributed by atoms with Crippen molar-refractivity contribution in [3.63, 3.8) is 0 Å². The number of benzene rings is 1. The van der Waals surface area contributed by atoms with Crippen molar-refractivity contribution in [2.24, 2.45) is 0 Å². The van der Waals surface area contributed by atoms with Crippen LogP contribution in [0.1, 0.15) is 39.2 Å². The topological polar surface area (TPSA) is 91.7 Å². The van der Waals surface area contributed by atoms with E-state index in [9.17, 15) is 9.59 Å². The van der Waals surface area contributed by atoms with E-state index in [2.05, 4.69) is 5.32 Å². The first-order chi connectivity index (χ1) is 12.3. The fraction of sp³-hybridized carbons (Fsp3) is 0.526. The number of piperidine rings is 1. The maximum atomic E-state index is 12.2. The third kappa shape index (κ3) is 6.28. The highest BCUT2D eigenvalue weighted by molar-refractivity contribution is 5.78. The molecule has 1 saturated heterocycles. The van der Waals surface area contributed by atoms with Crippen molar-refractivity contribution in [3.8, 4) is 11.8 Å². The largest absolute Gasteiger partial charge is 0.484 e. The standard InChI is InChI=1S/C19H25N3O4/c1-19(2,3)26-18(24)21-15-8-10-22(11-9-15)17(23)13-25-16-6-4-14(12-20)5-7-16/h4-7,15H,8-11,13H2,1-3H3,(H,21,24). The van der Waals surface area contributed by atoms with Crippen LogP contribution in [0.2, 0.25) is 0 Å². The molecule has 0 unspecified atom stereocenters. The molecule has 1 aliphatic heterocycles. The molecular formula is C19H25N3O4. The van der Waals surface area contributed by atoms with Crippen LogP contribution >= 0.6 is 0 Å². The zero-order valence-electron chi connectivity index (χ0n) is 15.4. The Morgan fingerprint density at radius 2 is 1.85 bits per heavy atom. The number of alkyl carbamates (subject to hydrolysis) is 1. The summed E-state index contributed by atoms with van der Waals surface area (Å²) in [7, 11) is 0. The van der Waals surface area contributed by atoms with Gasteiger partial charge in [-0.2, -0.15) is 5.26 Å². The molecule has 1 aliphatic rings. The molecule has 7 nitrogen and oxygen atoms in total. The van der Waals surface area contributed by atoms with Gasteiger partial charge in [-0.3, -0.25) is 4.79 Å². The Balaban J connectivity index is 1.72. The lowest BCUT2D eigenvalue weighted by molar-refractivity contribution is -0.134. The number of nitrogens with one attached hydrogen (secondary N) is 1. The van der Waals surface area contributed by atoms with Crippen LogP contribution in [0.4, 0.5) is 4.79 Å². The lowest BCUT2D eigenvalue weighted by Gasteiger charge is -2.32. The van der Waals surface area contributed by atoms with Gasteiger partial charge in [0.2, 0.25) is 0 Å². The highest BCUT2D eigenvalue weighted by Gasteiger charge is 2.25. The fourth-order valence-corrected chi connectivity index (χ4v) is 2.61. The summed E-state index contributed by atoms with van der Waals surface area (Å²) in [6, 6.07) is 8.67. The van der Waals surface area contributed by atoms with E-state index in [1.165, 1.54) is 0 Å². The summed E-state index contributed by atoms with van der Waals surface area (Å²) >= 11 is 0. The number of carbonyl (C=O) groups is 2. The minimum absolute atomic E-state index is 0.00773. The van der Waals surface area contributed by atoms with Crippen LogP contribution in [0.15, 0.2) is 24.3 Å². The van der Waals surface area contributed by atoms with Crippen LogP contribution < -0.4 is 10.1 Å². The number of hydrogen-bond acceptors (Lipinski definition) is 5. The van der Waals surface area contributed by atoms with Gasteiger partial charge in [0.15, 0.2) is 6.61 Å². The molecule has 0 aromatic heterocycles. The molecule has 7 heteroatoms. The van der Waals surface area contributed by atoms with Gasteiger partial charge in [0.1, 0.15) is 11.4 Å². The van der Waals surface area contributed by atoms with E-state index in [-0.39, 0.29) is 18.6 Å². The van der Waals surface area contributed by atoms with Crippen LogP contribution in [-0.2, 0) is 9.53 Å². The first-order valence-electron chi connectivity index (χ1n) is 8.67. The number of carbonyl (C=O) groups excluding carboxylic acids is 2. The lowest BCUT2D eigenvalue weighted by Crippen LogP contribution is -2.48. The van der Waals surface area contributed by atoms with Crippen LogP contribution in [0.3, 0.4) is 0 Å². The summed E-state index contributed by atoms with van der Waals surface area (Å²) in [6.45, 7) is 6.55. The number of nitrogens with zero attached hydrogens (tertiary/aromatic N) is 2. The summed E-state index contributed by atoms with van der Waals surface area (Å²) in [5.41, 5.74) is 0.0204. The first kappa shape index (κ1) is 19.6.